The second-order valence-electron chi connectivity index (χ2n) is 8.66. The van der Waals surface area contributed by atoms with Gasteiger partial charge in [-0.2, -0.15) is 5.10 Å². The van der Waals surface area contributed by atoms with Gasteiger partial charge in [-0.15, -0.1) is 0 Å². The lowest BCUT2D eigenvalue weighted by Crippen LogP contribution is -2.30. The summed E-state index contributed by atoms with van der Waals surface area (Å²) in [5.41, 5.74) is 4.84. The smallest absolute Gasteiger partial charge is 0.272 e. The molecular weight excluding hydrogens is 416 g/mol. The molecule has 170 valence electrons. The van der Waals surface area contributed by atoms with E-state index in [2.05, 4.69) is 15.7 Å². The van der Waals surface area contributed by atoms with Crippen molar-refractivity contribution >= 4 is 11.8 Å². The minimum absolute atomic E-state index is 0.0336. The summed E-state index contributed by atoms with van der Waals surface area (Å²) in [6.45, 7) is 0.557. The van der Waals surface area contributed by atoms with E-state index >= 15 is 0 Å². The fourth-order valence-corrected chi connectivity index (χ4v) is 4.20. The molecule has 0 spiro atoms. The number of hydrogen-bond donors (Lipinski definition) is 2. The van der Waals surface area contributed by atoms with E-state index in [1.807, 2.05) is 59.3 Å². The number of nitrogens with one attached hydrogen (secondary N) is 2. The number of rotatable bonds is 9. The van der Waals surface area contributed by atoms with Gasteiger partial charge >= 0.3 is 0 Å². The molecule has 33 heavy (non-hydrogen) atoms. The highest BCUT2D eigenvalue weighted by Gasteiger charge is 2.26. The average Bonchev–Trinajstić information content (AvgIpc) is 3.38. The number of carbonyl (C=O) groups is 2. The third kappa shape index (κ3) is 5.08. The van der Waals surface area contributed by atoms with Crippen molar-refractivity contribution < 1.29 is 14.3 Å². The number of aromatic nitrogens is 2. The minimum Gasteiger partial charge on any atom is -0.484 e. The zero-order chi connectivity index (χ0) is 22.6. The SMILES string of the molecule is O=C(COc1ccc(CCNC(=O)c2nn(-c3ccccc3)c3c2CCC3)cc1)NC1CC1. The van der Waals surface area contributed by atoms with Gasteiger partial charge < -0.3 is 15.4 Å². The van der Waals surface area contributed by atoms with Crippen molar-refractivity contribution in [3.63, 3.8) is 0 Å². The molecule has 2 aromatic carbocycles. The van der Waals surface area contributed by atoms with Crippen molar-refractivity contribution in [1.82, 2.24) is 20.4 Å². The van der Waals surface area contributed by atoms with Gasteiger partial charge in [-0.25, -0.2) is 4.68 Å². The van der Waals surface area contributed by atoms with Crippen LogP contribution in [0.5, 0.6) is 5.75 Å². The van der Waals surface area contributed by atoms with E-state index in [1.54, 1.807) is 0 Å². The topological polar surface area (TPSA) is 85.2 Å². The summed E-state index contributed by atoms with van der Waals surface area (Å²) in [4.78, 5) is 24.6. The van der Waals surface area contributed by atoms with Crippen LogP contribution >= 0.6 is 0 Å². The van der Waals surface area contributed by atoms with Crippen LogP contribution in [-0.2, 0) is 24.1 Å². The normalized spacial score (nSPS) is 14.5. The van der Waals surface area contributed by atoms with Crippen LogP contribution in [0.15, 0.2) is 54.6 Å². The molecule has 1 fully saturated rings. The van der Waals surface area contributed by atoms with Crippen molar-refractivity contribution in [2.75, 3.05) is 13.2 Å². The van der Waals surface area contributed by atoms with Crippen molar-refractivity contribution in [3.05, 3.63) is 77.1 Å². The highest BCUT2D eigenvalue weighted by Crippen LogP contribution is 2.27. The first-order valence-electron chi connectivity index (χ1n) is 11.6. The zero-order valence-corrected chi connectivity index (χ0v) is 18.5. The van der Waals surface area contributed by atoms with E-state index < -0.39 is 0 Å². The number of carbonyl (C=O) groups excluding carboxylic acids is 2. The maximum atomic E-state index is 12.9. The molecular formula is C26H28N4O3. The highest BCUT2D eigenvalue weighted by molar-refractivity contribution is 5.94. The number of ether oxygens (including phenoxy) is 1. The summed E-state index contributed by atoms with van der Waals surface area (Å²) in [6.07, 6.45) is 5.72. The van der Waals surface area contributed by atoms with Gasteiger partial charge in [0.2, 0.25) is 0 Å². The Morgan fingerprint density at radius 2 is 1.82 bits per heavy atom. The van der Waals surface area contributed by atoms with Crippen molar-refractivity contribution in [2.45, 2.75) is 44.6 Å². The Balaban J connectivity index is 1.14. The molecule has 0 unspecified atom stereocenters. The zero-order valence-electron chi connectivity index (χ0n) is 18.5. The monoisotopic (exact) mass is 444 g/mol. The number of hydrogen-bond acceptors (Lipinski definition) is 4. The molecule has 0 radical (unpaired) electrons. The van der Waals surface area contributed by atoms with E-state index in [0.29, 0.717) is 30.5 Å². The molecule has 2 amide bonds. The average molecular weight is 445 g/mol. The van der Waals surface area contributed by atoms with Crippen LogP contribution in [0, 0.1) is 0 Å². The summed E-state index contributed by atoms with van der Waals surface area (Å²) < 4.78 is 7.46. The quantitative estimate of drug-likeness (QED) is 0.531. The van der Waals surface area contributed by atoms with E-state index in [9.17, 15) is 9.59 Å². The highest BCUT2D eigenvalue weighted by atomic mass is 16.5. The van der Waals surface area contributed by atoms with Gasteiger partial charge in [0, 0.05) is 23.8 Å². The summed E-state index contributed by atoms with van der Waals surface area (Å²) in [5.74, 6) is 0.464. The lowest BCUT2D eigenvalue weighted by Gasteiger charge is -2.08. The van der Waals surface area contributed by atoms with Crippen molar-refractivity contribution in [3.8, 4) is 11.4 Å². The summed E-state index contributed by atoms with van der Waals surface area (Å²) in [6, 6.07) is 17.9. The number of fused-ring (bicyclic) bond motifs is 1. The molecule has 5 rings (SSSR count). The largest absolute Gasteiger partial charge is 0.484 e. The Labute approximate surface area is 193 Å². The molecule has 2 N–H and O–H groups in total. The van der Waals surface area contributed by atoms with Gasteiger partial charge in [0.1, 0.15) is 5.75 Å². The first-order valence-corrected chi connectivity index (χ1v) is 11.6. The van der Waals surface area contributed by atoms with E-state index in [1.165, 1.54) is 0 Å². The van der Waals surface area contributed by atoms with Crippen molar-refractivity contribution in [2.24, 2.45) is 0 Å². The molecule has 0 saturated heterocycles. The molecule has 7 heteroatoms. The van der Waals surface area contributed by atoms with Crippen LogP contribution in [0.25, 0.3) is 5.69 Å². The standard InChI is InChI=1S/C26H28N4O3/c31-24(28-19-11-12-19)17-33-21-13-9-18(10-14-21)15-16-27-26(32)25-22-7-4-8-23(22)30(29-25)20-5-2-1-3-6-20/h1-3,5-6,9-10,13-14,19H,4,7-8,11-12,15-17H2,(H,27,32)(H,28,31). The van der Waals surface area contributed by atoms with Crippen LogP contribution in [0.2, 0.25) is 0 Å². The molecule has 2 aliphatic rings. The number of nitrogens with zero attached hydrogens (tertiary/aromatic N) is 2. The van der Waals surface area contributed by atoms with Gasteiger partial charge in [-0.05, 0) is 68.4 Å². The lowest BCUT2D eigenvalue weighted by molar-refractivity contribution is -0.123. The van der Waals surface area contributed by atoms with Crippen LogP contribution in [0.1, 0.15) is 46.6 Å². The van der Waals surface area contributed by atoms with Crippen LogP contribution in [-0.4, -0.2) is 40.8 Å². The fraction of sp³-hybridized carbons (Fsp3) is 0.346. The van der Waals surface area contributed by atoms with Gasteiger partial charge in [0.25, 0.3) is 11.8 Å². The predicted octanol–water partition coefficient (Wildman–Crippen LogP) is 2.99. The fourth-order valence-electron chi connectivity index (χ4n) is 4.20. The maximum absolute atomic E-state index is 12.9. The predicted molar refractivity (Wildman–Crippen MR) is 125 cm³/mol. The number of amides is 2. The summed E-state index contributed by atoms with van der Waals surface area (Å²) >= 11 is 0. The Hall–Kier alpha value is -3.61. The molecule has 7 nitrogen and oxygen atoms in total. The van der Waals surface area contributed by atoms with E-state index in [0.717, 1.165) is 54.6 Å². The Morgan fingerprint density at radius 1 is 1.03 bits per heavy atom. The third-order valence-corrected chi connectivity index (χ3v) is 6.08. The third-order valence-electron chi connectivity index (χ3n) is 6.08. The molecule has 1 saturated carbocycles. The first-order chi connectivity index (χ1) is 16.2. The van der Waals surface area contributed by atoms with E-state index in [-0.39, 0.29) is 18.4 Å². The van der Waals surface area contributed by atoms with Gasteiger partial charge in [-0.1, -0.05) is 30.3 Å². The van der Waals surface area contributed by atoms with Crippen LogP contribution < -0.4 is 15.4 Å². The molecule has 0 aliphatic heterocycles. The first kappa shape index (κ1) is 21.2. The second-order valence-corrected chi connectivity index (χ2v) is 8.66. The Morgan fingerprint density at radius 3 is 2.58 bits per heavy atom. The van der Waals surface area contributed by atoms with Gasteiger partial charge in [0.15, 0.2) is 12.3 Å². The van der Waals surface area contributed by atoms with Gasteiger partial charge in [0.05, 0.1) is 5.69 Å². The summed E-state index contributed by atoms with van der Waals surface area (Å²) in [7, 11) is 0. The Bertz CT molecular complexity index is 1130. The van der Waals surface area contributed by atoms with Crippen LogP contribution in [0.4, 0.5) is 0 Å². The molecule has 0 bridgehead atoms. The Kier molecular flexibility index (Phi) is 6.11. The molecule has 1 aromatic heterocycles. The van der Waals surface area contributed by atoms with Gasteiger partial charge in [-0.3, -0.25) is 9.59 Å². The van der Waals surface area contributed by atoms with E-state index in [4.69, 9.17) is 4.74 Å². The minimum atomic E-state index is -0.121. The van der Waals surface area contributed by atoms with Crippen molar-refractivity contribution in [1.29, 1.82) is 0 Å². The maximum Gasteiger partial charge on any atom is 0.272 e. The second kappa shape index (κ2) is 9.48. The number of benzene rings is 2. The molecule has 0 atom stereocenters. The number of para-hydroxylation sites is 1. The molecule has 3 aromatic rings. The van der Waals surface area contributed by atoms with Crippen LogP contribution in [0.3, 0.4) is 0 Å². The molecule has 2 aliphatic carbocycles. The summed E-state index contributed by atoms with van der Waals surface area (Å²) in [5, 5.41) is 10.6. The molecule has 1 heterocycles. The lowest BCUT2D eigenvalue weighted by atomic mass is 10.1.